The molecule has 0 aromatic heterocycles. The Morgan fingerprint density at radius 1 is 1.50 bits per heavy atom. The number of hydrogen-bond donors (Lipinski definition) is 1. The van der Waals surface area contributed by atoms with Crippen LogP contribution in [0.25, 0.3) is 0 Å². The van der Waals surface area contributed by atoms with E-state index in [9.17, 15) is 9.18 Å². The van der Waals surface area contributed by atoms with Crippen molar-refractivity contribution in [2.24, 2.45) is 0 Å². The van der Waals surface area contributed by atoms with Gasteiger partial charge in [-0.15, -0.1) is 0 Å². The van der Waals surface area contributed by atoms with E-state index in [2.05, 4.69) is 21.2 Å². The van der Waals surface area contributed by atoms with Crippen LogP contribution in [0.4, 0.5) is 4.39 Å². The van der Waals surface area contributed by atoms with E-state index in [4.69, 9.17) is 0 Å². The molecule has 1 fully saturated rings. The van der Waals surface area contributed by atoms with Crippen molar-refractivity contribution in [3.63, 3.8) is 0 Å². The molecule has 2 rings (SSSR count). The molecule has 2 nitrogen and oxygen atoms in total. The van der Waals surface area contributed by atoms with E-state index in [1.165, 1.54) is 6.07 Å². The van der Waals surface area contributed by atoms with Crippen molar-refractivity contribution in [3.05, 3.63) is 34.1 Å². The van der Waals surface area contributed by atoms with E-state index in [-0.39, 0.29) is 17.5 Å². The zero-order chi connectivity index (χ0) is 10.1. The summed E-state index contributed by atoms with van der Waals surface area (Å²) >= 11 is 3.16. The fourth-order valence-corrected chi connectivity index (χ4v) is 1.72. The Balaban J connectivity index is 2.24. The summed E-state index contributed by atoms with van der Waals surface area (Å²) in [5.74, 6) is -0.824. The van der Waals surface area contributed by atoms with E-state index in [0.717, 1.165) is 12.8 Å². The molecule has 14 heavy (non-hydrogen) atoms. The standard InChI is InChI=1S/C10H9BrFNO/c11-7-2-1-3-8(12)9(7)10(14)13-6-4-5-6/h1-3,6H,4-5H2,(H,13,14). The van der Waals surface area contributed by atoms with Crippen LogP contribution in [0.5, 0.6) is 0 Å². The van der Waals surface area contributed by atoms with E-state index < -0.39 is 5.82 Å². The Morgan fingerprint density at radius 2 is 2.21 bits per heavy atom. The third kappa shape index (κ3) is 1.95. The molecule has 1 aromatic carbocycles. The minimum absolute atomic E-state index is 0.0967. The van der Waals surface area contributed by atoms with Gasteiger partial charge in [-0.25, -0.2) is 4.39 Å². The van der Waals surface area contributed by atoms with Gasteiger partial charge in [-0.1, -0.05) is 6.07 Å². The first-order valence-electron chi connectivity index (χ1n) is 4.43. The first kappa shape index (κ1) is 9.65. The van der Waals surface area contributed by atoms with Crippen LogP contribution < -0.4 is 5.32 Å². The Hall–Kier alpha value is -0.900. The van der Waals surface area contributed by atoms with Gasteiger partial charge in [0.25, 0.3) is 5.91 Å². The average Bonchev–Trinajstić information content (AvgIpc) is 2.87. The highest BCUT2D eigenvalue weighted by Crippen LogP contribution is 2.23. The molecule has 0 saturated heterocycles. The summed E-state index contributed by atoms with van der Waals surface area (Å²) in [5.41, 5.74) is 0.0967. The van der Waals surface area contributed by atoms with Crippen molar-refractivity contribution in [2.45, 2.75) is 18.9 Å². The highest BCUT2D eigenvalue weighted by atomic mass is 79.9. The SMILES string of the molecule is O=C(NC1CC1)c1c(F)cccc1Br. The zero-order valence-electron chi connectivity index (χ0n) is 7.39. The summed E-state index contributed by atoms with van der Waals surface area (Å²) in [6, 6.07) is 4.75. The molecule has 0 spiro atoms. The maximum atomic E-state index is 13.3. The lowest BCUT2D eigenvalue weighted by atomic mass is 10.2. The minimum atomic E-state index is -0.488. The second kappa shape index (κ2) is 3.69. The quantitative estimate of drug-likeness (QED) is 0.867. The zero-order valence-corrected chi connectivity index (χ0v) is 8.97. The van der Waals surface area contributed by atoms with Gasteiger partial charge < -0.3 is 5.32 Å². The summed E-state index contributed by atoms with van der Waals surface area (Å²) in [4.78, 5) is 11.6. The maximum Gasteiger partial charge on any atom is 0.255 e. The van der Waals surface area contributed by atoms with Crippen molar-refractivity contribution in [3.8, 4) is 0 Å². The van der Waals surface area contributed by atoms with Crippen LogP contribution in [-0.2, 0) is 0 Å². The molecule has 1 aliphatic rings. The van der Waals surface area contributed by atoms with Crippen molar-refractivity contribution < 1.29 is 9.18 Å². The van der Waals surface area contributed by atoms with E-state index in [0.29, 0.717) is 4.47 Å². The fraction of sp³-hybridized carbons (Fsp3) is 0.300. The number of benzene rings is 1. The van der Waals surface area contributed by atoms with Crippen LogP contribution in [0.2, 0.25) is 0 Å². The highest BCUT2D eigenvalue weighted by Gasteiger charge is 2.25. The second-order valence-electron chi connectivity index (χ2n) is 3.34. The minimum Gasteiger partial charge on any atom is -0.349 e. The van der Waals surface area contributed by atoms with Gasteiger partial charge in [0.2, 0.25) is 0 Å². The summed E-state index contributed by atoms with van der Waals surface area (Å²) in [5, 5.41) is 2.74. The maximum absolute atomic E-state index is 13.3. The third-order valence-corrected chi connectivity index (χ3v) is 2.76. The van der Waals surface area contributed by atoms with Gasteiger partial charge >= 0.3 is 0 Å². The van der Waals surface area contributed by atoms with Crippen LogP contribution in [0.15, 0.2) is 22.7 Å². The molecule has 1 aromatic rings. The number of carbonyl (C=O) groups is 1. The fourth-order valence-electron chi connectivity index (χ4n) is 1.20. The predicted octanol–water partition coefficient (Wildman–Crippen LogP) is 2.48. The van der Waals surface area contributed by atoms with Crippen molar-refractivity contribution in [1.29, 1.82) is 0 Å². The van der Waals surface area contributed by atoms with Crippen molar-refractivity contribution >= 4 is 21.8 Å². The summed E-state index contributed by atoms with van der Waals surface area (Å²) < 4.78 is 13.8. The Bertz CT molecular complexity index is 356. The summed E-state index contributed by atoms with van der Waals surface area (Å²) in [7, 11) is 0. The molecule has 4 heteroatoms. The topological polar surface area (TPSA) is 29.1 Å². The molecule has 1 amide bonds. The number of rotatable bonds is 2. The number of nitrogens with one attached hydrogen (secondary N) is 1. The number of halogens is 2. The van der Waals surface area contributed by atoms with Crippen LogP contribution >= 0.6 is 15.9 Å². The second-order valence-corrected chi connectivity index (χ2v) is 4.20. The Labute approximate surface area is 89.6 Å². The molecule has 0 bridgehead atoms. The van der Waals surface area contributed by atoms with Gasteiger partial charge in [0.15, 0.2) is 0 Å². The monoisotopic (exact) mass is 257 g/mol. The van der Waals surface area contributed by atoms with Gasteiger partial charge in [0, 0.05) is 10.5 Å². The molecule has 1 saturated carbocycles. The van der Waals surface area contributed by atoms with E-state index in [1.807, 2.05) is 0 Å². The smallest absolute Gasteiger partial charge is 0.255 e. The van der Waals surface area contributed by atoms with Gasteiger partial charge in [-0.2, -0.15) is 0 Å². The van der Waals surface area contributed by atoms with Gasteiger partial charge in [0.1, 0.15) is 5.82 Å². The molecule has 0 heterocycles. The van der Waals surface area contributed by atoms with Crippen molar-refractivity contribution in [2.75, 3.05) is 0 Å². The average molecular weight is 258 g/mol. The molecule has 0 radical (unpaired) electrons. The third-order valence-electron chi connectivity index (χ3n) is 2.10. The summed E-state index contributed by atoms with van der Waals surface area (Å²) in [6.45, 7) is 0. The number of hydrogen-bond acceptors (Lipinski definition) is 1. The molecule has 1 N–H and O–H groups in total. The van der Waals surface area contributed by atoms with Crippen LogP contribution in [0.3, 0.4) is 0 Å². The Morgan fingerprint density at radius 3 is 2.79 bits per heavy atom. The van der Waals surface area contributed by atoms with Gasteiger partial charge in [-0.3, -0.25) is 4.79 Å². The van der Waals surface area contributed by atoms with Gasteiger partial charge in [0.05, 0.1) is 5.56 Å². The normalized spacial score (nSPS) is 15.3. The highest BCUT2D eigenvalue weighted by molar-refractivity contribution is 9.10. The number of amides is 1. The van der Waals surface area contributed by atoms with Gasteiger partial charge in [-0.05, 0) is 40.9 Å². The number of carbonyl (C=O) groups excluding carboxylic acids is 1. The Kier molecular flexibility index (Phi) is 2.54. The predicted molar refractivity (Wildman–Crippen MR) is 54.6 cm³/mol. The first-order valence-corrected chi connectivity index (χ1v) is 5.22. The molecule has 1 aliphatic carbocycles. The van der Waals surface area contributed by atoms with Crippen molar-refractivity contribution in [1.82, 2.24) is 5.32 Å². The van der Waals surface area contributed by atoms with E-state index in [1.54, 1.807) is 12.1 Å². The molecular weight excluding hydrogens is 249 g/mol. The molecule has 0 atom stereocenters. The largest absolute Gasteiger partial charge is 0.349 e. The van der Waals surface area contributed by atoms with Crippen LogP contribution in [-0.4, -0.2) is 11.9 Å². The van der Waals surface area contributed by atoms with E-state index >= 15 is 0 Å². The van der Waals surface area contributed by atoms with Crippen LogP contribution in [0.1, 0.15) is 23.2 Å². The summed E-state index contributed by atoms with van der Waals surface area (Å²) in [6.07, 6.45) is 2.00. The van der Waals surface area contributed by atoms with Crippen LogP contribution in [0, 0.1) is 5.82 Å². The molecular formula is C10H9BrFNO. The molecule has 0 aliphatic heterocycles. The lowest BCUT2D eigenvalue weighted by molar-refractivity contribution is 0.0946. The lowest BCUT2D eigenvalue weighted by Gasteiger charge is -2.06. The first-order chi connectivity index (χ1) is 6.68. The molecule has 0 unspecified atom stereocenters. The molecule has 74 valence electrons. The lowest BCUT2D eigenvalue weighted by Crippen LogP contribution is -2.26.